The number of para-hydroxylation sites is 1. The lowest BCUT2D eigenvalue weighted by Gasteiger charge is -2.71. The Bertz CT molecular complexity index is 1670. The van der Waals surface area contributed by atoms with Gasteiger partial charge in [0.1, 0.15) is 28.4 Å². The topological polar surface area (TPSA) is 99.5 Å². The highest BCUT2D eigenvalue weighted by Crippen LogP contribution is 2.73. The van der Waals surface area contributed by atoms with Crippen LogP contribution in [0.25, 0.3) is 21.9 Å². The van der Waals surface area contributed by atoms with Crippen LogP contribution in [0.3, 0.4) is 0 Å². The van der Waals surface area contributed by atoms with Gasteiger partial charge >= 0.3 is 6.09 Å². The second-order valence-electron chi connectivity index (χ2n) is 13.8. The van der Waals surface area contributed by atoms with Gasteiger partial charge in [-0.3, -0.25) is 0 Å². The molecule has 2 heterocycles. The number of nitrogens with one attached hydrogen (secondary N) is 2. The fourth-order valence-electron chi connectivity index (χ4n) is 7.37. The third-order valence-electron chi connectivity index (χ3n) is 9.11. The summed E-state index contributed by atoms with van der Waals surface area (Å²) in [7, 11) is 3.33. The van der Waals surface area contributed by atoms with Crippen molar-refractivity contribution < 1.29 is 19.0 Å². The Hall–Kier alpha value is -4.01. The molecule has 9 heteroatoms. The highest BCUT2D eigenvalue weighted by atomic mass is 16.6. The van der Waals surface area contributed by atoms with Gasteiger partial charge in [0.15, 0.2) is 5.82 Å². The number of benzene rings is 2. The molecule has 2 aromatic heterocycles. The monoisotopic (exact) mass is 599 g/mol. The molecule has 3 aliphatic carbocycles. The van der Waals surface area contributed by atoms with Crippen LogP contribution in [0.4, 0.5) is 10.6 Å². The van der Waals surface area contributed by atoms with E-state index in [1.807, 2.05) is 45.0 Å². The SMILES string of the molecule is CCCCc1nc2c(NCc3ccc(OC)cc3OC)nc3ccccc3c2n1CC12CC(CNC(=O)OC(C)(C)C)(C1)C2. The number of amides is 1. The number of nitrogens with zero attached hydrogens (tertiary/aromatic N) is 3. The van der Waals surface area contributed by atoms with Crippen LogP contribution in [0.1, 0.15) is 71.2 Å². The molecule has 3 saturated carbocycles. The maximum atomic E-state index is 12.3. The van der Waals surface area contributed by atoms with Gasteiger partial charge in [-0.2, -0.15) is 0 Å². The molecule has 2 bridgehead atoms. The molecule has 0 saturated heterocycles. The van der Waals surface area contributed by atoms with Gasteiger partial charge in [-0.15, -0.1) is 0 Å². The quantitative estimate of drug-likeness (QED) is 0.177. The van der Waals surface area contributed by atoms with Crippen LogP contribution in [0, 0.1) is 10.8 Å². The van der Waals surface area contributed by atoms with E-state index >= 15 is 0 Å². The number of hydrogen-bond acceptors (Lipinski definition) is 7. The molecular formula is C35H45N5O4. The van der Waals surface area contributed by atoms with E-state index in [4.69, 9.17) is 24.2 Å². The summed E-state index contributed by atoms with van der Waals surface area (Å²) < 4.78 is 19.0. The molecule has 0 aliphatic heterocycles. The largest absolute Gasteiger partial charge is 0.497 e. The Balaban J connectivity index is 1.28. The number of aromatic nitrogens is 3. The van der Waals surface area contributed by atoms with E-state index in [1.54, 1.807) is 14.2 Å². The summed E-state index contributed by atoms with van der Waals surface area (Å²) in [6.07, 6.45) is 6.10. The van der Waals surface area contributed by atoms with Crippen LogP contribution < -0.4 is 20.1 Å². The summed E-state index contributed by atoms with van der Waals surface area (Å²) in [6, 6.07) is 14.2. The van der Waals surface area contributed by atoms with Crippen molar-refractivity contribution in [2.45, 2.75) is 84.9 Å². The zero-order valence-electron chi connectivity index (χ0n) is 26.9. The Labute approximate surface area is 259 Å². The Morgan fingerprint density at radius 2 is 1.80 bits per heavy atom. The van der Waals surface area contributed by atoms with Crippen LogP contribution >= 0.6 is 0 Å². The molecule has 0 radical (unpaired) electrons. The summed E-state index contributed by atoms with van der Waals surface area (Å²) in [4.78, 5) is 22.6. The fraction of sp³-hybridized carbons (Fsp3) is 0.514. The van der Waals surface area contributed by atoms with Crippen molar-refractivity contribution in [2.75, 3.05) is 26.1 Å². The lowest BCUT2D eigenvalue weighted by atomic mass is 9.35. The number of pyridine rings is 1. The molecule has 0 unspecified atom stereocenters. The molecule has 4 aromatic rings. The number of methoxy groups -OCH3 is 2. The molecule has 2 N–H and O–H groups in total. The Morgan fingerprint density at radius 1 is 1.02 bits per heavy atom. The number of ether oxygens (including phenoxy) is 3. The van der Waals surface area contributed by atoms with Crippen LogP contribution in [0.5, 0.6) is 11.5 Å². The predicted molar refractivity (Wildman–Crippen MR) is 173 cm³/mol. The zero-order chi connectivity index (χ0) is 31.1. The average molecular weight is 600 g/mol. The van der Waals surface area contributed by atoms with E-state index in [-0.39, 0.29) is 16.9 Å². The van der Waals surface area contributed by atoms with E-state index in [2.05, 4.69) is 40.3 Å². The highest BCUT2D eigenvalue weighted by Gasteiger charge is 2.67. The van der Waals surface area contributed by atoms with E-state index < -0.39 is 5.60 Å². The first kappa shape index (κ1) is 30.0. The molecule has 9 nitrogen and oxygen atoms in total. The molecule has 2 aromatic carbocycles. The minimum atomic E-state index is -0.492. The molecule has 1 amide bonds. The van der Waals surface area contributed by atoms with Gasteiger partial charge in [-0.25, -0.2) is 14.8 Å². The van der Waals surface area contributed by atoms with E-state index in [1.165, 1.54) is 0 Å². The summed E-state index contributed by atoms with van der Waals surface area (Å²) in [5.74, 6) is 3.42. The lowest BCUT2D eigenvalue weighted by molar-refractivity contribution is -0.207. The Kier molecular flexibility index (Phi) is 7.84. The summed E-state index contributed by atoms with van der Waals surface area (Å²) >= 11 is 0. The first-order chi connectivity index (χ1) is 21.1. The number of hydrogen-bond donors (Lipinski definition) is 2. The van der Waals surface area contributed by atoms with Gasteiger partial charge in [0.25, 0.3) is 0 Å². The molecule has 44 heavy (non-hydrogen) atoms. The maximum Gasteiger partial charge on any atom is 0.407 e. The highest BCUT2D eigenvalue weighted by molar-refractivity contribution is 6.07. The molecule has 3 aliphatic rings. The molecule has 7 rings (SSSR count). The van der Waals surface area contributed by atoms with Crippen molar-refractivity contribution >= 4 is 33.8 Å². The number of carbonyl (C=O) groups is 1. The number of imidazole rings is 1. The number of unbranched alkanes of at least 4 members (excludes halogenated alkanes) is 1. The van der Waals surface area contributed by atoms with E-state index in [0.29, 0.717) is 13.1 Å². The van der Waals surface area contributed by atoms with E-state index in [0.717, 1.165) is 95.7 Å². The molecular weight excluding hydrogens is 554 g/mol. The normalized spacial score (nSPS) is 20.6. The number of alkyl carbamates (subject to hydrolysis) is 1. The summed E-state index contributed by atoms with van der Waals surface area (Å²) in [5.41, 5.74) is 3.95. The maximum absolute atomic E-state index is 12.3. The van der Waals surface area contributed by atoms with Crippen LogP contribution in [-0.2, 0) is 24.2 Å². The van der Waals surface area contributed by atoms with Gasteiger partial charge in [0, 0.05) is 43.1 Å². The minimum absolute atomic E-state index is 0.185. The van der Waals surface area contributed by atoms with Crippen molar-refractivity contribution in [3.8, 4) is 11.5 Å². The van der Waals surface area contributed by atoms with Crippen molar-refractivity contribution in [2.24, 2.45) is 10.8 Å². The van der Waals surface area contributed by atoms with Crippen molar-refractivity contribution in [1.29, 1.82) is 0 Å². The van der Waals surface area contributed by atoms with Gasteiger partial charge in [0.05, 0.1) is 25.3 Å². The van der Waals surface area contributed by atoms with Gasteiger partial charge < -0.3 is 29.4 Å². The number of fused-ring (bicyclic) bond motifs is 3. The first-order valence-corrected chi connectivity index (χ1v) is 15.8. The summed E-state index contributed by atoms with van der Waals surface area (Å²) in [5, 5.41) is 7.74. The predicted octanol–water partition coefficient (Wildman–Crippen LogP) is 7.25. The van der Waals surface area contributed by atoms with Crippen LogP contribution in [0.15, 0.2) is 42.5 Å². The minimum Gasteiger partial charge on any atom is -0.497 e. The molecule has 234 valence electrons. The Morgan fingerprint density at radius 3 is 2.50 bits per heavy atom. The molecule has 3 fully saturated rings. The second-order valence-corrected chi connectivity index (χ2v) is 13.8. The fourth-order valence-corrected chi connectivity index (χ4v) is 7.37. The second kappa shape index (κ2) is 11.5. The third-order valence-corrected chi connectivity index (χ3v) is 9.11. The summed E-state index contributed by atoms with van der Waals surface area (Å²) in [6.45, 7) is 10.0. The average Bonchev–Trinajstić information content (AvgIpc) is 3.32. The van der Waals surface area contributed by atoms with Crippen LogP contribution in [-0.4, -0.2) is 47.0 Å². The zero-order valence-corrected chi connectivity index (χ0v) is 26.9. The van der Waals surface area contributed by atoms with Crippen LogP contribution in [0.2, 0.25) is 0 Å². The van der Waals surface area contributed by atoms with Crippen molar-refractivity contribution in [1.82, 2.24) is 19.9 Å². The molecule has 0 spiro atoms. The number of carbonyl (C=O) groups excluding carboxylic acids is 1. The number of anilines is 1. The number of aryl methyl sites for hydroxylation is 1. The van der Waals surface area contributed by atoms with Crippen molar-refractivity contribution in [3.05, 3.63) is 53.9 Å². The number of rotatable bonds is 12. The standard InChI is InChI=1S/C35H45N5O4/c1-7-8-13-28-39-29-30(40(28)22-35-18-34(19-35,20-35)21-37-32(41)44-33(2,3)4)25-11-9-10-12-26(25)38-31(29)36-17-23-14-15-24(42-5)16-27(23)43-6/h9-12,14-16H,7-8,13,17-22H2,1-6H3,(H,36,38)(H,37,41). The van der Waals surface area contributed by atoms with Gasteiger partial charge in [-0.05, 0) is 75.5 Å². The smallest absolute Gasteiger partial charge is 0.407 e. The third kappa shape index (κ3) is 5.76. The van der Waals surface area contributed by atoms with Gasteiger partial charge in [-0.1, -0.05) is 31.5 Å². The first-order valence-electron chi connectivity index (χ1n) is 15.8. The van der Waals surface area contributed by atoms with E-state index in [9.17, 15) is 4.79 Å². The van der Waals surface area contributed by atoms with Crippen molar-refractivity contribution in [3.63, 3.8) is 0 Å². The molecule has 0 atom stereocenters. The van der Waals surface area contributed by atoms with Gasteiger partial charge in [0.2, 0.25) is 0 Å². The lowest BCUT2D eigenvalue weighted by Crippen LogP contribution is -2.67.